The first-order chi connectivity index (χ1) is 13.9. The molecule has 0 atom stereocenters. The maximum absolute atomic E-state index is 13.3. The summed E-state index contributed by atoms with van der Waals surface area (Å²) in [6.45, 7) is 0. The summed E-state index contributed by atoms with van der Waals surface area (Å²) in [5.41, 5.74) is 14.5. The Hall–Kier alpha value is -3.65. The maximum atomic E-state index is 13.3. The second kappa shape index (κ2) is 7.06. The Balaban J connectivity index is 2.03. The monoisotopic (exact) mass is 409 g/mol. The second-order valence-corrected chi connectivity index (χ2v) is 7.34. The molecule has 0 fully saturated rings. The Kier molecular flexibility index (Phi) is 4.56. The van der Waals surface area contributed by atoms with Gasteiger partial charge in [0.1, 0.15) is 15.5 Å². The van der Waals surface area contributed by atoms with E-state index in [2.05, 4.69) is 4.98 Å². The fourth-order valence-electron chi connectivity index (χ4n) is 3.16. The largest absolute Gasteiger partial charge is 0.504 e. The number of anilines is 1. The van der Waals surface area contributed by atoms with Gasteiger partial charge in [-0.1, -0.05) is 6.07 Å². The number of carbonyl (C=O) groups is 1. The van der Waals surface area contributed by atoms with E-state index in [0.29, 0.717) is 38.4 Å². The zero-order valence-electron chi connectivity index (χ0n) is 15.3. The van der Waals surface area contributed by atoms with E-state index in [-0.39, 0.29) is 22.1 Å². The Morgan fingerprint density at radius 3 is 2.45 bits per heavy atom. The predicted molar refractivity (Wildman–Crippen MR) is 112 cm³/mol. The number of thiophene rings is 1. The number of phenols is 1. The number of halogens is 1. The van der Waals surface area contributed by atoms with Gasteiger partial charge in [-0.2, -0.15) is 0 Å². The summed E-state index contributed by atoms with van der Waals surface area (Å²) in [4.78, 5) is 17.1. The number of carbonyl (C=O) groups excluding carboxylic acids is 1. The van der Waals surface area contributed by atoms with Crippen LogP contribution in [0.3, 0.4) is 0 Å². The molecule has 0 aliphatic heterocycles. The summed E-state index contributed by atoms with van der Waals surface area (Å²) in [6, 6.07) is 12.6. The molecule has 0 unspecified atom stereocenters. The van der Waals surface area contributed by atoms with E-state index in [9.17, 15) is 14.3 Å². The molecule has 0 bridgehead atoms. The number of ether oxygens (including phenoxy) is 1. The highest BCUT2D eigenvalue weighted by Crippen LogP contribution is 2.42. The molecule has 0 radical (unpaired) electrons. The number of nitrogens with two attached hydrogens (primary N) is 2. The third-order valence-corrected chi connectivity index (χ3v) is 5.67. The molecule has 8 heteroatoms. The number of methoxy groups -OCH3 is 1. The van der Waals surface area contributed by atoms with E-state index < -0.39 is 5.91 Å². The number of benzene rings is 2. The quantitative estimate of drug-likeness (QED) is 0.468. The van der Waals surface area contributed by atoms with Gasteiger partial charge in [-0.25, -0.2) is 9.37 Å². The molecule has 0 saturated carbocycles. The minimum atomic E-state index is -0.641. The van der Waals surface area contributed by atoms with Crippen LogP contribution in [-0.4, -0.2) is 23.1 Å². The Morgan fingerprint density at radius 2 is 1.83 bits per heavy atom. The van der Waals surface area contributed by atoms with Crippen molar-refractivity contribution >= 4 is 33.1 Å². The minimum Gasteiger partial charge on any atom is -0.504 e. The Morgan fingerprint density at radius 1 is 1.14 bits per heavy atom. The van der Waals surface area contributed by atoms with Crippen LogP contribution in [-0.2, 0) is 0 Å². The maximum Gasteiger partial charge on any atom is 0.260 e. The normalized spacial score (nSPS) is 11.0. The topological polar surface area (TPSA) is 111 Å². The van der Waals surface area contributed by atoms with E-state index in [1.54, 1.807) is 36.4 Å². The van der Waals surface area contributed by atoms with Crippen molar-refractivity contribution in [3.63, 3.8) is 0 Å². The molecule has 0 aliphatic rings. The number of aromatic nitrogens is 1. The van der Waals surface area contributed by atoms with Crippen molar-refractivity contribution in [1.29, 1.82) is 0 Å². The van der Waals surface area contributed by atoms with Gasteiger partial charge in [-0.3, -0.25) is 4.79 Å². The van der Waals surface area contributed by atoms with E-state index in [1.165, 1.54) is 19.2 Å². The van der Waals surface area contributed by atoms with Gasteiger partial charge >= 0.3 is 0 Å². The molecule has 2 heterocycles. The van der Waals surface area contributed by atoms with Crippen LogP contribution in [0.2, 0.25) is 0 Å². The lowest BCUT2D eigenvalue weighted by Gasteiger charge is -2.11. The number of aromatic hydroxyl groups is 1. The number of primary amides is 1. The standard InChI is InChI=1S/C21H16FN3O3S/c1-28-16-7-4-11(8-15(16)26)13-9-14(10-2-5-12(22)6-3-10)25-21-17(13)18(23)19(29-21)20(24)27/h2-9,26H,23H2,1H3,(H2,24,27). The number of rotatable bonds is 4. The number of phenolic OH excluding ortho intramolecular Hbond substituents is 1. The molecule has 6 nitrogen and oxygen atoms in total. The minimum absolute atomic E-state index is 0.0396. The number of amides is 1. The predicted octanol–water partition coefficient (Wildman–Crippen LogP) is 4.16. The van der Waals surface area contributed by atoms with Crippen LogP contribution in [0, 0.1) is 5.82 Å². The lowest BCUT2D eigenvalue weighted by molar-refractivity contribution is 0.100. The van der Waals surface area contributed by atoms with Crippen molar-refractivity contribution in [2.75, 3.05) is 12.8 Å². The third-order valence-electron chi connectivity index (χ3n) is 4.55. The van der Waals surface area contributed by atoms with Crippen LogP contribution in [0.15, 0.2) is 48.5 Å². The molecule has 0 saturated heterocycles. The molecular weight excluding hydrogens is 393 g/mol. The molecule has 1 amide bonds. The zero-order chi connectivity index (χ0) is 20.7. The van der Waals surface area contributed by atoms with Crippen LogP contribution in [0.25, 0.3) is 32.6 Å². The van der Waals surface area contributed by atoms with Crippen LogP contribution in [0.5, 0.6) is 11.5 Å². The molecule has 2 aromatic carbocycles. The van der Waals surface area contributed by atoms with Gasteiger partial charge in [0.25, 0.3) is 5.91 Å². The summed E-state index contributed by atoms with van der Waals surface area (Å²) in [7, 11) is 1.46. The number of fused-ring (bicyclic) bond motifs is 1. The highest BCUT2D eigenvalue weighted by molar-refractivity contribution is 7.21. The Labute approximate surface area is 169 Å². The lowest BCUT2D eigenvalue weighted by atomic mass is 9.99. The molecule has 4 aromatic rings. The first-order valence-electron chi connectivity index (χ1n) is 8.55. The van der Waals surface area contributed by atoms with Crippen LogP contribution >= 0.6 is 11.3 Å². The fourth-order valence-corrected chi connectivity index (χ4v) is 4.13. The molecule has 0 aliphatic carbocycles. The average Bonchev–Trinajstić information content (AvgIpc) is 3.05. The van der Waals surface area contributed by atoms with Crippen molar-refractivity contribution in [2.24, 2.45) is 5.73 Å². The molecular formula is C21H16FN3O3S. The summed E-state index contributed by atoms with van der Waals surface area (Å²) in [6.07, 6.45) is 0. The zero-order valence-corrected chi connectivity index (χ0v) is 16.1. The van der Waals surface area contributed by atoms with Crippen molar-refractivity contribution in [3.8, 4) is 33.9 Å². The van der Waals surface area contributed by atoms with Gasteiger partial charge in [-0.15, -0.1) is 11.3 Å². The Bertz CT molecular complexity index is 1250. The average molecular weight is 409 g/mol. The van der Waals surface area contributed by atoms with Crippen molar-refractivity contribution in [1.82, 2.24) is 4.98 Å². The number of hydrogen-bond acceptors (Lipinski definition) is 6. The number of nitrogen functional groups attached to an aromatic ring is 1. The van der Waals surface area contributed by atoms with Gasteiger partial charge in [0.2, 0.25) is 0 Å². The van der Waals surface area contributed by atoms with Crippen molar-refractivity contribution in [2.45, 2.75) is 0 Å². The third kappa shape index (κ3) is 3.23. The smallest absolute Gasteiger partial charge is 0.260 e. The summed E-state index contributed by atoms with van der Waals surface area (Å²) < 4.78 is 18.4. The first-order valence-corrected chi connectivity index (χ1v) is 9.37. The first kappa shape index (κ1) is 18.7. The van der Waals surface area contributed by atoms with Crippen molar-refractivity contribution < 1.29 is 19.0 Å². The number of pyridine rings is 1. The summed E-state index contributed by atoms with van der Waals surface area (Å²) in [5, 5.41) is 10.8. The van der Waals surface area contributed by atoms with E-state index in [4.69, 9.17) is 16.2 Å². The van der Waals surface area contributed by atoms with Gasteiger partial charge < -0.3 is 21.3 Å². The van der Waals surface area contributed by atoms with Crippen LogP contribution in [0.1, 0.15) is 9.67 Å². The molecule has 5 N–H and O–H groups in total. The fraction of sp³-hybridized carbons (Fsp3) is 0.0476. The van der Waals surface area contributed by atoms with E-state index in [0.717, 1.165) is 11.3 Å². The molecule has 146 valence electrons. The summed E-state index contributed by atoms with van der Waals surface area (Å²) >= 11 is 1.09. The number of hydrogen-bond donors (Lipinski definition) is 3. The highest BCUT2D eigenvalue weighted by Gasteiger charge is 2.20. The molecule has 2 aromatic heterocycles. The SMILES string of the molecule is COc1ccc(-c2cc(-c3ccc(F)cc3)nc3sc(C(N)=O)c(N)c23)cc1O. The van der Waals surface area contributed by atoms with Crippen LogP contribution in [0.4, 0.5) is 10.1 Å². The highest BCUT2D eigenvalue weighted by atomic mass is 32.1. The van der Waals surface area contributed by atoms with Crippen LogP contribution < -0.4 is 16.2 Å². The van der Waals surface area contributed by atoms with Gasteiger partial charge in [-0.05, 0) is 53.6 Å². The molecule has 4 rings (SSSR count). The van der Waals surface area contributed by atoms with Crippen molar-refractivity contribution in [3.05, 3.63) is 59.2 Å². The van der Waals surface area contributed by atoms with Gasteiger partial charge in [0.15, 0.2) is 11.5 Å². The number of nitrogens with zero attached hydrogens (tertiary/aromatic N) is 1. The lowest BCUT2D eigenvalue weighted by Crippen LogP contribution is -2.10. The van der Waals surface area contributed by atoms with Gasteiger partial charge in [0.05, 0.1) is 18.5 Å². The van der Waals surface area contributed by atoms with E-state index >= 15 is 0 Å². The van der Waals surface area contributed by atoms with E-state index in [1.807, 2.05) is 0 Å². The molecule has 29 heavy (non-hydrogen) atoms. The second-order valence-electron chi connectivity index (χ2n) is 6.34. The van der Waals surface area contributed by atoms with Gasteiger partial charge in [0, 0.05) is 10.9 Å². The molecule has 0 spiro atoms. The summed E-state index contributed by atoms with van der Waals surface area (Å²) in [5.74, 6) is -0.708.